The number of nitrogens with zero attached hydrogens (tertiary/aromatic N) is 2. The number of amides is 1. The lowest BCUT2D eigenvalue weighted by atomic mass is 10.2. The number of aromatic nitrogens is 2. The largest absolute Gasteiger partial charge is 0.296 e. The number of aliphatic imine (C=N–C) groups is 1. The fourth-order valence-corrected chi connectivity index (χ4v) is 1.18. The maximum atomic E-state index is 11.6. The normalized spacial score (nSPS) is 11.1. The van der Waals surface area contributed by atoms with Crippen LogP contribution < -0.4 is 10.9 Å². The van der Waals surface area contributed by atoms with Gasteiger partial charge in [0.1, 0.15) is 5.69 Å². The third kappa shape index (κ3) is 3.24. The van der Waals surface area contributed by atoms with Crippen LogP contribution in [0.25, 0.3) is 0 Å². The van der Waals surface area contributed by atoms with Crippen molar-refractivity contribution in [2.45, 2.75) is 27.7 Å². The third-order valence-electron chi connectivity index (χ3n) is 2.09. The molecule has 1 rings (SSSR count). The van der Waals surface area contributed by atoms with Gasteiger partial charge in [-0.15, -0.1) is 0 Å². The molecule has 0 unspecified atom stereocenters. The van der Waals surface area contributed by atoms with Crippen molar-refractivity contribution in [1.82, 2.24) is 9.97 Å². The molecule has 6 nitrogen and oxygen atoms in total. The van der Waals surface area contributed by atoms with Gasteiger partial charge in [-0.25, -0.2) is 4.98 Å². The first-order valence-corrected chi connectivity index (χ1v) is 5.36. The van der Waals surface area contributed by atoms with E-state index in [0.29, 0.717) is 5.69 Å². The first-order chi connectivity index (χ1) is 7.95. The van der Waals surface area contributed by atoms with Gasteiger partial charge < -0.3 is 0 Å². The molecule has 6 heteroatoms. The molecule has 0 aliphatic rings. The lowest BCUT2D eigenvalue weighted by Gasteiger charge is -2.07. The summed E-state index contributed by atoms with van der Waals surface area (Å²) in [6.45, 7) is 6.90. The number of aromatic amines is 1. The Kier molecular flexibility index (Phi) is 4.14. The molecule has 0 fully saturated rings. The molecule has 1 aromatic heterocycles. The van der Waals surface area contributed by atoms with E-state index in [1.165, 1.54) is 6.21 Å². The van der Waals surface area contributed by atoms with Crippen LogP contribution in [0.3, 0.4) is 0 Å². The lowest BCUT2D eigenvalue weighted by Crippen LogP contribution is -2.22. The SMILES string of the molecule is CC=Nc1c(C)nc(NC(=O)C(C)C)[nH]c1=O. The van der Waals surface area contributed by atoms with Crippen LogP contribution in [0.2, 0.25) is 0 Å². The molecule has 0 atom stereocenters. The summed E-state index contributed by atoms with van der Waals surface area (Å²) in [4.78, 5) is 33.6. The highest BCUT2D eigenvalue weighted by Crippen LogP contribution is 2.11. The van der Waals surface area contributed by atoms with Crippen molar-refractivity contribution in [3.63, 3.8) is 0 Å². The van der Waals surface area contributed by atoms with Crippen molar-refractivity contribution >= 4 is 23.8 Å². The van der Waals surface area contributed by atoms with Crippen LogP contribution in [0.15, 0.2) is 9.79 Å². The molecule has 0 saturated carbocycles. The van der Waals surface area contributed by atoms with E-state index in [2.05, 4.69) is 20.3 Å². The smallest absolute Gasteiger partial charge is 0.278 e. The highest BCUT2D eigenvalue weighted by molar-refractivity contribution is 5.90. The van der Waals surface area contributed by atoms with Crippen molar-refractivity contribution in [2.75, 3.05) is 5.32 Å². The molecule has 0 aliphatic carbocycles. The molecule has 0 saturated heterocycles. The average Bonchev–Trinajstić information content (AvgIpc) is 2.23. The molecular weight excluding hydrogens is 220 g/mol. The molecule has 1 heterocycles. The summed E-state index contributed by atoms with van der Waals surface area (Å²) in [6.07, 6.45) is 1.52. The number of nitrogens with one attached hydrogen (secondary N) is 2. The van der Waals surface area contributed by atoms with Crippen LogP contribution in [0.5, 0.6) is 0 Å². The molecule has 0 spiro atoms. The number of hydrogen-bond donors (Lipinski definition) is 2. The lowest BCUT2D eigenvalue weighted by molar-refractivity contribution is -0.118. The van der Waals surface area contributed by atoms with Crippen LogP contribution >= 0.6 is 0 Å². The summed E-state index contributed by atoms with van der Waals surface area (Å²) in [7, 11) is 0. The van der Waals surface area contributed by atoms with Gasteiger partial charge in [0.05, 0.1) is 5.69 Å². The Bertz CT molecular complexity index is 503. The minimum absolute atomic E-state index is 0.154. The molecule has 17 heavy (non-hydrogen) atoms. The number of aryl methyl sites for hydroxylation is 1. The molecule has 0 radical (unpaired) electrons. The predicted octanol–water partition coefficient (Wildman–Crippen LogP) is 1.40. The van der Waals surface area contributed by atoms with Gasteiger partial charge in [-0.2, -0.15) is 0 Å². The average molecular weight is 236 g/mol. The fraction of sp³-hybridized carbons (Fsp3) is 0.455. The van der Waals surface area contributed by atoms with Crippen molar-refractivity contribution < 1.29 is 4.79 Å². The number of rotatable bonds is 3. The second-order valence-corrected chi connectivity index (χ2v) is 3.88. The van der Waals surface area contributed by atoms with Crippen molar-refractivity contribution in [1.29, 1.82) is 0 Å². The number of anilines is 1. The van der Waals surface area contributed by atoms with Gasteiger partial charge in [-0.05, 0) is 13.8 Å². The maximum Gasteiger partial charge on any atom is 0.278 e. The van der Waals surface area contributed by atoms with Gasteiger partial charge in [-0.3, -0.25) is 24.9 Å². The Labute approximate surface area is 99.2 Å². The zero-order chi connectivity index (χ0) is 13.0. The zero-order valence-corrected chi connectivity index (χ0v) is 10.4. The Morgan fingerprint density at radius 2 is 2.18 bits per heavy atom. The second-order valence-electron chi connectivity index (χ2n) is 3.88. The highest BCUT2D eigenvalue weighted by Gasteiger charge is 2.11. The van der Waals surface area contributed by atoms with E-state index in [1.54, 1.807) is 27.7 Å². The summed E-state index contributed by atoms with van der Waals surface area (Å²) in [5, 5.41) is 2.53. The minimum Gasteiger partial charge on any atom is -0.296 e. The van der Waals surface area contributed by atoms with E-state index in [4.69, 9.17) is 0 Å². The summed E-state index contributed by atoms with van der Waals surface area (Å²) in [5.41, 5.74) is 0.371. The van der Waals surface area contributed by atoms with Crippen LogP contribution in [-0.4, -0.2) is 22.1 Å². The minimum atomic E-state index is -0.366. The molecule has 0 aliphatic heterocycles. The van der Waals surface area contributed by atoms with E-state index in [-0.39, 0.29) is 29.0 Å². The van der Waals surface area contributed by atoms with Crippen LogP contribution in [-0.2, 0) is 4.79 Å². The van der Waals surface area contributed by atoms with Crippen molar-refractivity contribution in [2.24, 2.45) is 10.9 Å². The molecule has 0 bridgehead atoms. The van der Waals surface area contributed by atoms with Gasteiger partial charge in [0.15, 0.2) is 0 Å². The van der Waals surface area contributed by atoms with Crippen LogP contribution in [0.4, 0.5) is 11.6 Å². The highest BCUT2D eigenvalue weighted by atomic mass is 16.2. The summed E-state index contributed by atoms with van der Waals surface area (Å²) in [6, 6.07) is 0. The number of carbonyl (C=O) groups excluding carboxylic acids is 1. The number of carbonyl (C=O) groups is 1. The van der Waals surface area contributed by atoms with Gasteiger partial charge in [0, 0.05) is 12.1 Å². The van der Waals surface area contributed by atoms with E-state index < -0.39 is 0 Å². The molecule has 92 valence electrons. The van der Waals surface area contributed by atoms with Gasteiger partial charge in [-0.1, -0.05) is 13.8 Å². The fourth-order valence-electron chi connectivity index (χ4n) is 1.18. The first kappa shape index (κ1) is 13.1. The van der Waals surface area contributed by atoms with Crippen molar-refractivity contribution in [3.8, 4) is 0 Å². The Balaban J connectivity index is 3.07. The molecule has 1 aromatic rings. The van der Waals surface area contributed by atoms with E-state index in [9.17, 15) is 9.59 Å². The van der Waals surface area contributed by atoms with E-state index in [0.717, 1.165) is 0 Å². The summed E-state index contributed by atoms with van der Waals surface area (Å²) < 4.78 is 0. The standard InChI is InChI=1S/C11H16N4O2/c1-5-12-8-7(4)13-11(15-10(8)17)14-9(16)6(2)3/h5-6H,1-4H3,(H2,13,14,15,16,17). The third-order valence-corrected chi connectivity index (χ3v) is 2.09. The van der Waals surface area contributed by atoms with Gasteiger partial charge in [0.2, 0.25) is 11.9 Å². The Hall–Kier alpha value is -1.98. The first-order valence-electron chi connectivity index (χ1n) is 5.36. The van der Waals surface area contributed by atoms with Crippen LogP contribution in [0.1, 0.15) is 26.5 Å². The summed E-state index contributed by atoms with van der Waals surface area (Å²) in [5.74, 6) is -0.213. The van der Waals surface area contributed by atoms with Crippen LogP contribution in [0, 0.1) is 12.8 Å². The van der Waals surface area contributed by atoms with Gasteiger partial charge >= 0.3 is 0 Å². The molecule has 0 aromatic carbocycles. The molecule has 2 N–H and O–H groups in total. The van der Waals surface area contributed by atoms with E-state index in [1.807, 2.05) is 0 Å². The Morgan fingerprint density at radius 3 is 2.65 bits per heavy atom. The van der Waals surface area contributed by atoms with E-state index >= 15 is 0 Å². The zero-order valence-electron chi connectivity index (χ0n) is 10.4. The molecular formula is C11H16N4O2. The maximum absolute atomic E-state index is 11.6. The van der Waals surface area contributed by atoms with Gasteiger partial charge in [0.25, 0.3) is 5.56 Å². The monoisotopic (exact) mass is 236 g/mol. The number of hydrogen-bond acceptors (Lipinski definition) is 4. The molecule has 1 amide bonds. The number of H-pyrrole nitrogens is 1. The summed E-state index contributed by atoms with van der Waals surface area (Å²) >= 11 is 0. The quantitative estimate of drug-likeness (QED) is 0.777. The topological polar surface area (TPSA) is 87.2 Å². The second kappa shape index (κ2) is 5.38. The van der Waals surface area contributed by atoms with Crippen molar-refractivity contribution in [3.05, 3.63) is 16.0 Å². The Morgan fingerprint density at radius 1 is 1.53 bits per heavy atom. The predicted molar refractivity (Wildman–Crippen MR) is 66.9 cm³/mol.